The molecule has 0 spiro atoms. The van der Waals surface area contributed by atoms with Gasteiger partial charge in [-0.05, 0) is 36.2 Å². The van der Waals surface area contributed by atoms with Gasteiger partial charge in [-0.1, -0.05) is 30.3 Å². The van der Waals surface area contributed by atoms with E-state index in [0.29, 0.717) is 13.2 Å². The van der Waals surface area contributed by atoms with Crippen molar-refractivity contribution < 1.29 is 14.3 Å². The first-order chi connectivity index (χ1) is 11.6. The number of amides is 1. The third-order valence-electron chi connectivity index (χ3n) is 3.87. The van der Waals surface area contributed by atoms with Crippen LogP contribution in [0, 0.1) is 6.92 Å². The van der Waals surface area contributed by atoms with Gasteiger partial charge in [-0.15, -0.1) is 0 Å². The molecule has 0 fully saturated rings. The summed E-state index contributed by atoms with van der Waals surface area (Å²) >= 11 is 0. The first-order valence-electron chi connectivity index (χ1n) is 7.93. The fraction of sp³-hybridized carbons (Fsp3) is 0.316. The zero-order valence-electron chi connectivity index (χ0n) is 14.1. The molecule has 3 N–H and O–H groups in total. The zero-order valence-corrected chi connectivity index (χ0v) is 14.1. The molecule has 1 unspecified atom stereocenters. The van der Waals surface area contributed by atoms with E-state index in [1.807, 2.05) is 55.5 Å². The second-order valence-electron chi connectivity index (χ2n) is 5.54. The number of para-hydroxylation sites is 1. The van der Waals surface area contributed by atoms with Crippen LogP contribution < -0.4 is 15.8 Å². The van der Waals surface area contributed by atoms with Gasteiger partial charge in [0.1, 0.15) is 12.4 Å². The van der Waals surface area contributed by atoms with Crippen molar-refractivity contribution in [2.45, 2.75) is 26.1 Å². The monoisotopic (exact) mass is 328 g/mol. The quantitative estimate of drug-likeness (QED) is 0.781. The number of benzene rings is 2. The van der Waals surface area contributed by atoms with E-state index >= 15 is 0 Å². The van der Waals surface area contributed by atoms with Crippen molar-refractivity contribution >= 4 is 11.6 Å². The zero-order chi connectivity index (χ0) is 17.4. The molecule has 0 heterocycles. The Balaban J connectivity index is 2.00. The molecule has 0 radical (unpaired) electrons. The van der Waals surface area contributed by atoms with Crippen LogP contribution >= 0.6 is 0 Å². The highest BCUT2D eigenvalue weighted by Gasteiger charge is 2.13. The van der Waals surface area contributed by atoms with Gasteiger partial charge in [0.25, 0.3) is 0 Å². The molecule has 0 saturated carbocycles. The maximum atomic E-state index is 12.1. The molecule has 0 aromatic heterocycles. The predicted octanol–water partition coefficient (Wildman–Crippen LogP) is 2.88. The van der Waals surface area contributed by atoms with Crippen LogP contribution in [-0.4, -0.2) is 25.7 Å². The van der Waals surface area contributed by atoms with E-state index in [-0.39, 0.29) is 18.4 Å². The summed E-state index contributed by atoms with van der Waals surface area (Å²) in [4.78, 5) is 12.1. The SMILES string of the molecule is COC(CN)CC(=O)Nc1cccc(COc2ccccc2)c1C. The average molecular weight is 328 g/mol. The molecule has 0 aliphatic heterocycles. The Bertz CT molecular complexity index is 655. The minimum absolute atomic E-state index is 0.114. The molecule has 0 saturated heterocycles. The second kappa shape index (κ2) is 9.05. The van der Waals surface area contributed by atoms with E-state index in [0.717, 1.165) is 22.6 Å². The minimum Gasteiger partial charge on any atom is -0.489 e. The summed E-state index contributed by atoms with van der Waals surface area (Å²) in [5.74, 6) is 0.703. The van der Waals surface area contributed by atoms with Gasteiger partial charge in [0.05, 0.1) is 12.5 Å². The lowest BCUT2D eigenvalue weighted by molar-refractivity contribution is -0.118. The Labute approximate surface area is 142 Å². The van der Waals surface area contributed by atoms with Crippen molar-refractivity contribution in [1.29, 1.82) is 0 Å². The van der Waals surface area contributed by atoms with Gasteiger partial charge in [-0.25, -0.2) is 0 Å². The summed E-state index contributed by atoms with van der Waals surface area (Å²) in [6.45, 7) is 2.73. The van der Waals surface area contributed by atoms with Crippen LogP contribution in [0.4, 0.5) is 5.69 Å². The van der Waals surface area contributed by atoms with Gasteiger partial charge in [-0.3, -0.25) is 4.79 Å². The number of nitrogens with one attached hydrogen (secondary N) is 1. The summed E-state index contributed by atoms with van der Waals surface area (Å²) in [6.07, 6.45) is -0.0353. The fourth-order valence-electron chi connectivity index (χ4n) is 2.32. The van der Waals surface area contributed by atoms with E-state index in [4.69, 9.17) is 15.2 Å². The number of methoxy groups -OCH3 is 1. The lowest BCUT2D eigenvalue weighted by Crippen LogP contribution is -2.28. The van der Waals surface area contributed by atoms with Crippen molar-refractivity contribution in [1.82, 2.24) is 0 Å². The van der Waals surface area contributed by atoms with Crippen LogP contribution in [0.15, 0.2) is 48.5 Å². The summed E-state index contributed by atoms with van der Waals surface area (Å²) < 4.78 is 10.9. The predicted molar refractivity (Wildman–Crippen MR) is 95.1 cm³/mol. The molecular weight excluding hydrogens is 304 g/mol. The van der Waals surface area contributed by atoms with Gasteiger partial charge >= 0.3 is 0 Å². The largest absolute Gasteiger partial charge is 0.489 e. The van der Waals surface area contributed by atoms with Crippen LogP contribution in [0.25, 0.3) is 0 Å². The van der Waals surface area contributed by atoms with E-state index in [1.165, 1.54) is 0 Å². The molecule has 5 nitrogen and oxygen atoms in total. The summed E-state index contributed by atoms with van der Waals surface area (Å²) in [5.41, 5.74) is 8.35. The molecule has 2 aromatic carbocycles. The number of rotatable bonds is 8. The molecule has 128 valence electrons. The lowest BCUT2D eigenvalue weighted by atomic mass is 10.1. The van der Waals surface area contributed by atoms with E-state index in [1.54, 1.807) is 7.11 Å². The van der Waals surface area contributed by atoms with Crippen LogP contribution in [0.5, 0.6) is 5.75 Å². The second-order valence-corrected chi connectivity index (χ2v) is 5.54. The van der Waals surface area contributed by atoms with Gasteiger partial charge in [0.2, 0.25) is 5.91 Å². The van der Waals surface area contributed by atoms with Crippen LogP contribution in [-0.2, 0) is 16.1 Å². The molecule has 2 rings (SSSR count). The number of ether oxygens (including phenoxy) is 2. The maximum absolute atomic E-state index is 12.1. The highest BCUT2D eigenvalue weighted by atomic mass is 16.5. The van der Waals surface area contributed by atoms with Crippen LogP contribution in [0.1, 0.15) is 17.5 Å². The van der Waals surface area contributed by atoms with Crippen molar-refractivity contribution in [3.8, 4) is 5.75 Å². The Hall–Kier alpha value is -2.37. The normalized spacial score (nSPS) is 11.8. The number of hydrogen-bond donors (Lipinski definition) is 2. The smallest absolute Gasteiger partial charge is 0.227 e. The first kappa shape index (κ1) is 18.0. The molecule has 1 atom stereocenters. The van der Waals surface area contributed by atoms with Gasteiger partial charge in [-0.2, -0.15) is 0 Å². The molecular formula is C19H24N2O3. The summed E-state index contributed by atoms with van der Waals surface area (Å²) in [5, 5.41) is 2.92. The van der Waals surface area contributed by atoms with Crippen molar-refractivity contribution in [3.05, 3.63) is 59.7 Å². The number of nitrogens with two attached hydrogens (primary N) is 1. The first-order valence-corrected chi connectivity index (χ1v) is 7.93. The molecule has 1 amide bonds. The van der Waals surface area contributed by atoms with Crippen molar-refractivity contribution in [2.24, 2.45) is 5.73 Å². The van der Waals surface area contributed by atoms with Gasteiger partial charge in [0, 0.05) is 19.3 Å². The Morgan fingerprint density at radius 2 is 1.92 bits per heavy atom. The lowest BCUT2D eigenvalue weighted by Gasteiger charge is -2.15. The van der Waals surface area contributed by atoms with Gasteiger partial charge in [0.15, 0.2) is 0 Å². The average Bonchev–Trinajstić information content (AvgIpc) is 2.61. The third-order valence-corrected chi connectivity index (χ3v) is 3.87. The molecule has 2 aromatic rings. The Morgan fingerprint density at radius 3 is 2.58 bits per heavy atom. The molecule has 24 heavy (non-hydrogen) atoms. The number of carbonyl (C=O) groups is 1. The van der Waals surface area contributed by atoms with Crippen LogP contribution in [0.3, 0.4) is 0 Å². The maximum Gasteiger partial charge on any atom is 0.227 e. The van der Waals surface area contributed by atoms with Crippen molar-refractivity contribution in [2.75, 3.05) is 19.0 Å². The van der Waals surface area contributed by atoms with Gasteiger partial charge < -0.3 is 20.5 Å². The van der Waals surface area contributed by atoms with E-state index < -0.39 is 0 Å². The minimum atomic E-state index is -0.269. The fourth-order valence-corrected chi connectivity index (χ4v) is 2.32. The summed E-state index contributed by atoms with van der Waals surface area (Å²) in [6, 6.07) is 15.4. The number of anilines is 1. The van der Waals surface area contributed by atoms with E-state index in [9.17, 15) is 4.79 Å². The third kappa shape index (κ3) is 5.08. The number of hydrogen-bond acceptors (Lipinski definition) is 4. The molecule has 5 heteroatoms. The van der Waals surface area contributed by atoms with Crippen molar-refractivity contribution in [3.63, 3.8) is 0 Å². The molecule has 0 aliphatic carbocycles. The molecule has 0 bridgehead atoms. The molecule has 0 aliphatic rings. The summed E-state index contributed by atoms with van der Waals surface area (Å²) in [7, 11) is 1.55. The highest BCUT2D eigenvalue weighted by Crippen LogP contribution is 2.21. The standard InChI is InChI=1S/C19H24N2O3/c1-14-15(13-24-16-8-4-3-5-9-16)7-6-10-18(14)21-19(22)11-17(12-20)23-2/h3-10,17H,11-13,20H2,1-2H3,(H,21,22). The number of carbonyl (C=O) groups excluding carboxylic acids is 1. The Morgan fingerprint density at radius 1 is 1.17 bits per heavy atom. The topological polar surface area (TPSA) is 73.6 Å². The highest BCUT2D eigenvalue weighted by molar-refractivity contribution is 5.92. The van der Waals surface area contributed by atoms with Crippen LogP contribution in [0.2, 0.25) is 0 Å². The van der Waals surface area contributed by atoms with E-state index in [2.05, 4.69) is 5.32 Å². The Kier molecular flexibility index (Phi) is 6.78.